The first-order chi connectivity index (χ1) is 11.3. The third kappa shape index (κ3) is 2.74. The van der Waals surface area contributed by atoms with Crippen LogP contribution in [0.1, 0.15) is 40.5 Å². The van der Waals surface area contributed by atoms with Crippen LogP contribution in [0.4, 0.5) is 0 Å². The third-order valence-corrected chi connectivity index (χ3v) is 6.03. The molecule has 0 saturated heterocycles. The summed E-state index contributed by atoms with van der Waals surface area (Å²) in [5.74, 6) is 0.466. The average Bonchev–Trinajstić information content (AvgIpc) is 3.12. The number of allylic oxidation sites excluding steroid dienone is 1. The Morgan fingerprint density at radius 1 is 1.33 bits per heavy atom. The molecule has 3 rings (SSSR count). The fourth-order valence-electron chi connectivity index (χ4n) is 4.84. The summed E-state index contributed by atoms with van der Waals surface area (Å²) >= 11 is 0. The van der Waals surface area contributed by atoms with Crippen molar-refractivity contribution in [1.29, 1.82) is 0 Å². The Bertz CT molecular complexity index is 607. The van der Waals surface area contributed by atoms with Gasteiger partial charge in [-0.25, -0.2) is 0 Å². The van der Waals surface area contributed by atoms with Crippen molar-refractivity contribution >= 4 is 11.9 Å². The lowest BCUT2D eigenvalue weighted by molar-refractivity contribution is -0.181. The van der Waals surface area contributed by atoms with Crippen molar-refractivity contribution in [3.05, 3.63) is 24.0 Å². The number of hydrogen-bond acceptors (Lipinski definition) is 5. The molecule has 0 radical (unpaired) electrons. The van der Waals surface area contributed by atoms with E-state index in [-0.39, 0.29) is 29.2 Å². The molecule has 0 unspecified atom stereocenters. The van der Waals surface area contributed by atoms with Crippen LogP contribution in [0.3, 0.4) is 0 Å². The lowest BCUT2D eigenvalue weighted by Crippen LogP contribution is -2.39. The van der Waals surface area contributed by atoms with Gasteiger partial charge in [0.15, 0.2) is 0 Å². The Kier molecular flexibility index (Phi) is 4.22. The standard InChI is InChI=1S/C19H26O5/c1-10-6-7-14-17(19(14,5)9-23-12(3)20)15-11(2)8-22-18(16(10)15)24-13(4)21/h8,14-18H,1,6-7,9H2,2-5H3/t14-,15-,16-,17-,18+,19-/m0/s1. The summed E-state index contributed by atoms with van der Waals surface area (Å²) < 4.78 is 16.4. The molecule has 0 N–H and O–H groups in total. The molecule has 2 saturated carbocycles. The molecule has 132 valence electrons. The topological polar surface area (TPSA) is 61.8 Å². The summed E-state index contributed by atoms with van der Waals surface area (Å²) in [6, 6.07) is 0. The van der Waals surface area contributed by atoms with E-state index in [2.05, 4.69) is 20.4 Å². The van der Waals surface area contributed by atoms with E-state index < -0.39 is 6.29 Å². The highest BCUT2D eigenvalue weighted by molar-refractivity contribution is 5.66. The van der Waals surface area contributed by atoms with Crippen molar-refractivity contribution < 1.29 is 23.8 Å². The van der Waals surface area contributed by atoms with Crippen molar-refractivity contribution in [3.63, 3.8) is 0 Å². The number of carbonyl (C=O) groups excluding carboxylic acids is 2. The summed E-state index contributed by atoms with van der Waals surface area (Å²) in [6.07, 6.45) is 3.01. The van der Waals surface area contributed by atoms with E-state index in [9.17, 15) is 9.59 Å². The first kappa shape index (κ1) is 17.1. The van der Waals surface area contributed by atoms with Gasteiger partial charge in [0.25, 0.3) is 0 Å². The van der Waals surface area contributed by atoms with Crippen molar-refractivity contribution in [2.45, 2.75) is 46.8 Å². The molecule has 0 aromatic heterocycles. The molecule has 5 nitrogen and oxygen atoms in total. The maximum atomic E-state index is 11.4. The minimum Gasteiger partial charge on any atom is -0.465 e. The van der Waals surface area contributed by atoms with Gasteiger partial charge in [0.1, 0.15) is 0 Å². The van der Waals surface area contributed by atoms with Crippen LogP contribution in [0.25, 0.3) is 0 Å². The van der Waals surface area contributed by atoms with E-state index >= 15 is 0 Å². The Labute approximate surface area is 143 Å². The fraction of sp³-hybridized carbons (Fsp3) is 0.684. The number of fused-ring (bicyclic) bond motifs is 3. The molecule has 0 spiro atoms. The molecule has 1 heterocycles. The van der Waals surface area contributed by atoms with Crippen LogP contribution in [0.2, 0.25) is 0 Å². The predicted molar refractivity (Wildman–Crippen MR) is 87.5 cm³/mol. The molecule has 0 aromatic carbocycles. The SMILES string of the molecule is C=C1CC[C@H]2[C@@H]([C@H]3C(C)=CO[C@H](OC(C)=O)[C@@H]13)[C@@]2(C)COC(C)=O. The summed E-state index contributed by atoms with van der Waals surface area (Å²) in [5.41, 5.74) is 2.21. The first-order valence-corrected chi connectivity index (χ1v) is 8.56. The number of ether oxygens (including phenoxy) is 3. The zero-order valence-electron chi connectivity index (χ0n) is 14.8. The fourth-order valence-corrected chi connectivity index (χ4v) is 4.84. The minimum absolute atomic E-state index is 0.0253. The summed E-state index contributed by atoms with van der Waals surface area (Å²) in [5, 5.41) is 0. The van der Waals surface area contributed by atoms with Gasteiger partial charge in [-0.05, 0) is 37.2 Å². The van der Waals surface area contributed by atoms with E-state index in [1.165, 1.54) is 13.8 Å². The van der Waals surface area contributed by atoms with E-state index in [1.54, 1.807) is 6.26 Å². The van der Waals surface area contributed by atoms with Gasteiger partial charge in [-0.15, -0.1) is 0 Å². The molecule has 0 bridgehead atoms. The second kappa shape index (κ2) is 5.94. The van der Waals surface area contributed by atoms with Gasteiger partial charge in [0, 0.05) is 25.2 Å². The van der Waals surface area contributed by atoms with Crippen molar-refractivity contribution in [3.8, 4) is 0 Å². The largest absolute Gasteiger partial charge is 0.465 e. The van der Waals surface area contributed by atoms with Crippen LogP contribution < -0.4 is 0 Å². The second-order valence-corrected chi connectivity index (χ2v) is 7.64. The predicted octanol–water partition coefficient (Wildman–Crippen LogP) is 3.21. The summed E-state index contributed by atoms with van der Waals surface area (Å²) in [4.78, 5) is 22.7. The molecule has 2 aliphatic carbocycles. The van der Waals surface area contributed by atoms with Gasteiger partial charge in [-0.3, -0.25) is 9.59 Å². The summed E-state index contributed by atoms with van der Waals surface area (Å²) in [6.45, 7) is 11.8. The van der Waals surface area contributed by atoms with E-state index in [1.807, 2.05) is 0 Å². The zero-order chi connectivity index (χ0) is 17.6. The van der Waals surface area contributed by atoms with Crippen LogP contribution in [-0.2, 0) is 23.8 Å². The Morgan fingerprint density at radius 3 is 2.67 bits per heavy atom. The number of hydrogen-bond donors (Lipinski definition) is 0. The van der Waals surface area contributed by atoms with Gasteiger partial charge >= 0.3 is 11.9 Å². The quantitative estimate of drug-likeness (QED) is 0.586. The number of carbonyl (C=O) groups is 2. The van der Waals surface area contributed by atoms with Crippen LogP contribution in [0.5, 0.6) is 0 Å². The highest BCUT2D eigenvalue weighted by atomic mass is 16.7. The maximum Gasteiger partial charge on any atom is 0.305 e. The Balaban J connectivity index is 1.89. The normalized spacial score (nSPS) is 40.2. The van der Waals surface area contributed by atoms with Crippen molar-refractivity contribution in [2.24, 2.45) is 29.1 Å². The van der Waals surface area contributed by atoms with Gasteiger partial charge in [0.05, 0.1) is 18.8 Å². The van der Waals surface area contributed by atoms with Crippen molar-refractivity contribution in [1.82, 2.24) is 0 Å². The molecule has 6 atom stereocenters. The Hall–Kier alpha value is -1.78. The molecular weight excluding hydrogens is 308 g/mol. The monoisotopic (exact) mass is 334 g/mol. The van der Waals surface area contributed by atoms with Crippen LogP contribution >= 0.6 is 0 Å². The van der Waals surface area contributed by atoms with Gasteiger partial charge in [-0.2, -0.15) is 0 Å². The summed E-state index contributed by atoms with van der Waals surface area (Å²) in [7, 11) is 0. The lowest BCUT2D eigenvalue weighted by atomic mass is 9.75. The zero-order valence-corrected chi connectivity index (χ0v) is 14.8. The molecule has 0 amide bonds. The number of esters is 2. The average molecular weight is 334 g/mol. The molecule has 2 fully saturated rings. The maximum absolute atomic E-state index is 11.4. The third-order valence-electron chi connectivity index (χ3n) is 6.03. The van der Waals surface area contributed by atoms with E-state index in [0.29, 0.717) is 18.4 Å². The number of rotatable bonds is 3. The molecule has 1 aliphatic heterocycles. The molecule has 3 aliphatic rings. The highest BCUT2D eigenvalue weighted by Gasteiger charge is 2.67. The van der Waals surface area contributed by atoms with Gasteiger partial charge in [-0.1, -0.05) is 19.1 Å². The van der Waals surface area contributed by atoms with Crippen LogP contribution in [0.15, 0.2) is 24.0 Å². The highest BCUT2D eigenvalue weighted by Crippen LogP contribution is 2.69. The van der Waals surface area contributed by atoms with Crippen LogP contribution in [0, 0.1) is 29.1 Å². The smallest absolute Gasteiger partial charge is 0.305 e. The molecular formula is C19H26O5. The molecule has 0 aromatic rings. The van der Waals surface area contributed by atoms with Gasteiger partial charge < -0.3 is 14.2 Å². The lowest BCUT2D eigenvalue weighted by Gasteiger charge is -2.38. The Morgan fingerprint density at radius 2 is 2.04 bits per heavy atom. The van der Waals surface area contributed by atoms with Crippen LogP contribution in [-0.4, -0.2) is 24.8 Å². The minimum atomic E-state index is -0.610. The van der Waals surface area contributed by atoms with E-state index in [0.717, 1.165) is 24.0 Å². The molecule has 5 heteroatoms. The first-order valence-electron chi connectivity index (χ1n) is 8.56. The van der Waals surface area contributed by atoms with E-state index in [4.69, 9.17) is 14.2 Å². The second-order valence-electron chi connectivity index (χ2n) is 7.64. The van der Waals surface area contributed by atoms with Crippen molar-refractivity contribution in [2.75, 3.05) is 6.61 Å². The van der Waals surface area contributed by atoms with Gasteiger partial charge in [0.2, 0.25) is 6.29 Å². The molecule has 24 heavy (non-hydrogen) atoms.